The lowest BCUT2D eigenvalue weighted by atomic mass is 9.88. The summed E-state index contributed by atoms with van der Waals surface area (Å²) in [5.41, 5.74) is 7.59. The molecule has 0 aromatic heterocycles. The maximum absolute atomic E-state index is 14.2. The smallest absolute Gasteiger partial charge is 0.266 e. The molecular formula is C35H32N2O3. The first-order valence-corrected chi connectivity index (χ1v) is 14.1. The monoisotopic (exact) mass is 528 g/mol. The lowest BCUT2D eigenvalue weighted by Gasteiger charge is -2.27. The largest absolute Gasteiger partial charge is 0.342 e. The average Bonchev–Trinajstić information content (AvgIpc) is 3.46. The molecule has 2 aliphatic rings. The third kappa shape index (κ3) is 4.13. The minimum absolute atomic E-state index is 0.150. The molecule has 1 aliphatic carbocycles. The highest BCUT2D eigenvalue weighted by Gasteiger charge is 2.38. The number of hydrogen-bond donors (Lipinski definition) is 0. The number of carbonyl (C=O) groups is 3. The SMILES string of the molecule is CCCCN(CCC)C(=O)C1c2ccccc2-c2cccc(-c3ccc(N4C(=O)c5ccccc5C4=O)cc3)c21. The molecule has 1 aliphatic heterocycles. The average molecular weight is 529 g/mol. The fourth-order valence-electron chi connectivity index (χ4n) is 6.12. The second-order valence-electron chi connectivity index (χ2n) is 10.5. The second-order valence-corrected chi connectivity index (χ2v) is 10.5. The molecule has 1 atom stereocenters. The number of unbranched alkanes of at least 4 members (excludes halogenated alkanes) is 1. The van der Waals surface area contributed by atoms with Gasteiger partial charge in [0.2, 0.25) is 5.91 Å². The molecule has 200 valence electrons. The number of carbonyl (C=O) groups excluding carboxylic acids is 3. The first kappa shape index (κ1) is 25.8. The summed E-state index contributed by atoms with van der Waals surface area (Å²) in [6, 6.07) is 28.9. The van der Waals surface area contributed by atoms with Gasteiger partial charge in [0, 0.05) is 13.1 Å². The Labute approximate surface area is 235 Å². The van der Waals surface area contributed by atoms with E-state index in [0.717, 1.165) is 65.7 Å². The van der Waals surface area contributed by atoms with Crippen molar-refractivity contribution in [2.24, 2.45) is 0 Å². The number of benzene rings is 4. The topological polar surface area (TPSA) is 57.7 Å². The van der Waals surface area contributed by atoms with Gasteiger partial charge < -0.3 is 4.90 Å². The van der Waals surface area contributed by atoms with E-state index in [2.05, 4.69) is 38.1 Å². The number of amides is 3. The molecule has 0 saturated carbocycles. The molecule has 4 aromatic carbocycles. The van der Waals surface area contributed by atoms with Gasteiger partial charge in [-0.25, -0.2) is 4.90 Å². The van der Waals surface area contributed by atoms with E-state index in [1.165, 1.54) is 4.90 Å². The van der Waals surface area contributed by atoms with Crippen LogP contribution in [0.5, 0.6) is 0 Å². The fourth-order valence-corrected chi connectivity index (χ4v) is 6.12. The predicted octanol–water partition coefficient (Wildman–Crippen LogP) is 7.31. The Morgan fingerprint density at radius 2 is 1.27 bits per heavy atom. The van der Waals surface area contributed by atoms with Crippen LogP contribution in [0.4, 0.5) is 5.69 Å². The maximum Gasteiger partial charge on any atom is 0.266 e. The molecule has 1 heterocycles. The highest BCUT2D eigenvalue weighted by molar-refractivity contribution is 6.34. The molecule has 3 amide bonds. The number of anilines is 1. The summed E-state index contributed by atoms with van der Waals surface area (Å²) in [5.74, 6) is -0.838. The van der Waals surface area contributed by atoms with E-state index < -0.39 is 0 Å². The van der Waals surface area contributed by atoms with E-state index in [1.54, 1.807) is 24.3 Å². The zero-order valence-corrected chi connectivity index (χ0v) is 22.9. The van der Waals surface area contributed by atoms with Crippen molar-refractivity contribution >= 4 is 23.4 Å². The van der Waals surface area contributed by atoms with Crippen LogP contribution in [0.1, 0.15) is 70.9 Å². The van der Waals surface area contributed by atoms with Crippen molar-refractivity contribution in [3.05, 3.63) is 113 Å². The number of hydrogen-bond acceptors (Lipinski definition) is 3. The number of rotatable bonds is 8. The maximum atomic E-state index is 14.2. The minimum atomic E-state index is -0.373. The quantitative estimate of drug-likeness (QED) is 0.225. The Morgan fingerprint density at radius 3 is 1.93 bits per heavy atom. The third-order valence-electron chi connectivity index (χ3n) is 8.02. The van der Waals surface area contributed by atoms with Gasteiger partial charge in [-0.15, -0.1) is 0 Å². The van der Waals surface area contributed by atoms with Gasteiger partial charge in [-0.05, 0) is 70.5 Å². The van der Waals surface area contributed by atoms with Crippen molar-refractivity contribution in [2.45, 2.75) is 39.0 Å². The normalized spacial score (nSPS) is 15.2. The van der Waals surface area contributed by atoms with Gasteiger partial charge in [0.05, 0.1) is 22.7 Å². The zero-order valence-electron chi connectivity index (χ0n) is 22.9. The van der Waals surface area contributed by atoms with Gasteiger partial charge in [0.15, 0.2) is 0 Å². The molecule has 40 heavy (non-hydrogen) atoms. The van der Waals surface area contributed by atoms with Crippen LogP contribution in [0.2, 0.25) is 0 Å². The first-order valence-electron chi connectivity index (χ1n) is 14.1. The van der Waals surface area contributed by atoms with Crippen LogP contribution in [0.15, 0.2) is 91.0 Å². The summed E-state index contributed by atoms with van der Waals surface area (Å²) in [7, 11) is 0. The van der Waals surface area contributed by atoms with Crippen LogP contribution in [0, 0.1) is 0 Å². The van der Waals surface area contributed by atoms with Gasteiger partial charge in [0.1, 0.15) is 0 Å². The van der Waals surface area contributed by atoms with Gasteiger partial charge >= 0.3 is 0 Å². The van der Waals surface area contributed by atoms with Gasteiger partial charge in [-0.2, -0.15) is 0 Å². The fraction of sp³-hybridized carbons (Fsp3) is 0.229. The molecule has 0 spiro atoms. The highest BCUT2D eigenvalue weighted by atomic mass is 16.2. The van der Waals surface area contributed by atoms with E-state index in [0.29, 0.717) is 16.8 Å². The highest BCUT2D eigenvalue weighted by Crippen LogP contribution is 2.49. The van der Waals surface area contributed by atoms with E-state index >= 15 is 0 Å². The van der Waals surface area contributed by atoms with Crippen molar-refractivity contribution in [2.75, 3.05) is 18.0 Å². The summed E-state index contributed by atoms with van der Waals surface area (Å²) in [6.07, 6.45) is 2.93. The van der Waals surface area contributed by atoms with Crippen molar-refractivity contribution < 1.29 is 14.4 Å². The molecule has 0 N–H and O–H groups in total. The molecule has 5 heteroatoms. The van der Waals surface area contributed by atoms with E-state index in [4.69, 9.17) is 0 Å². The molecule has 0 fully saturated rings. The van der Waals surface area contributed by atoms with Crippen LogP contribution in [0.25, 0.3) is 22.3 Å². The second kappa shape index (κ2) is 10.6. The standard InChI is InChI=1S/C35H32N2O3/c1-3-5-22-36(21-4-2)35(40)32-28-12-7-6-11-26(28)27-16-10-15-25(31(27)32)23-17-19-24(20-18-23)37-33(38)29-13-8-9-14-30(29)34(37)39/h6-20,32H,3-5,21-22H2,1-2H3. The Morgan fingerprint density at radius 1 is 0.675 bits per heavy atom. The minimum Gasteiger partial charge on any atom is -0.342 e. The Kier molecular flexibility index (Phi) is 6.81. The summed E-state index contributed by atoms with van der Waals surface area (Å²) in [4.78, 5) is 43.5. The van der Waals surface area contributed by atoms with E-state index in [9.17, 15) is 14.4 Å². The van der Waals surface area contributed by atoms with Crippen LogP contribution in [0.3, 0.4) is 0 Å². The van der Waals surface area contributed by atoms with Crippen LogP contribution >= 0.6 is 0 Å². The van der Waals surface area contributed by atoms with Gasteiger partial charge in [-0.3, -0.25) is 14.4 Å². The molecule has 6 rings (SSSR count). The number of fused-ring (bicyclic) bond motifs is 4. The summed E-state index contributed by atoms with van der Waals surface area (Å²) < 4.78 is 0. The number of imide groups is 1. The number of nitrogens with zero attached hydrogens (tertiary/aromatic N) is 2. The van der Waals surface area contributed by atoms with E-state index in [1.807, 2.05) is 47.4 Å². The Bertz CT molecular complexity index is 1590. The van der Waals surface area contributed by atoms with Gasteiger partial charge in [0.25, 0.3) is 11.8 Å². The first-order chi connectivity index (χ1) is 19.5. The van der Waals surface area contributed by atoms with Crippen LogP contribution < -0.4 is 4.90 Å². The van der Waals surface area contributed by atoms with Crippen molar-refractivity contribution in [3.63, 3.8) is 0 Å². The van der Waals surface area contributed by atoms with Gasteiger partial charge in [-0.1, -0.05) is 87.0 Å². The van der Waals surface area contributed by atoms with Crippen molar-refractivity contribution in [3.8, 4) is 22.3 Å². The predicted molar refractivity (Wildman–Crippen MR) is 159 cm³/mol. The summed E-state index contributed by atoms with van der Waals surface area (Å²) in [6.45, 7) is 5.76. The zero-order chi connectivity index (χ0) is 27.8. The lowest BCUT2D eigenvalue weighted by molar-refractivity contribution is -0.131. The molecule has 1 unspecified atom stereocenters. The molecule has 4 aromatic rings. The molecule has 0 saturated heterocycles. The Hall–Kier alpha value is -4.51. The van der Waals surface area contributed by atoms with Crippen molar-refractivity contribution in [1.29, 1.82) is 0 Å². The third-order valence-corrected chi connectivity index (χ3v) is 8.02. The summed E-state index contributed by atoms with van der Waals surface area (Å²) in [5, 5.41) is 0. The molecule has 0 radical (unpaired) electrons. The molecule has 0 bridgehead atoms. The van der Waals surface area contributed by atoms with Crippen LogP contribution in [-0.2, 0) is 4.79 Å². The van der Waals surface area contributed by atoms with E-state index in [-0.39, 0.29) is 23.6 Å². The van der Waals surface area contributed by atoms with Crippen LogP contribution in [-0.4, -0.2) is 35.7 Å². The van der Waals surface area contributed by atoms with Crippen molar-refractivity contribution in [1.82, 2.24) is 4.90 Å². The molecular weight excluding hydrogens is 496 g/mol. The summed E-state index contributed by atoms with van der Waals surface area (Å²) >= 11 is 0. The lowest BCUT2D eigenvalue weighted by Crippen LogP contribution is -2.36. The molecule has 5 nitrogen and oxygen atoms in total. The Balaban J connectivity index is 1.40.